The van der Waals surface area contributed by atoms with E-state index in [9.17, 15) is 14.9 Å². The number of nitro benzene ring substituents is 1. The first-order chi connectivity index (χ1) is 17.1. The molecule has 0 saturated carbocycles. The number of thioether (sulfide) groups is 1. The molecule has 1 N–H and O–H groups in total. The predicted octanol–water partition coefficient (Wildman–Crippen LogP) is 3.17. The monoisotopic (exact) mass is 495 g/mol. The van der Waals surface area contributed by atoms with Crippen LogP contribution in [-0.2, 0) is 4.79 Å². The molecule has 5 rings (SSSR count). The third-order valence-electron chi connectivity index (χ3n) is 6.00. The number of carbonyl (C=O) groups excluding carboxylic acids is 1. The minimum absolute atomic E-state index is 0.0126. The highest BCUT2D eigenvalue weighted by Crippen LogP contribution is 2.43. The number of fused-ring (bicyclic) bond motifs is 3. The number of carbonyl (C=O) groups is 1. The van der Waals surface area contributed by atoms with Gasteiger partial charge in [-0.2, -0.15) is 0 Å². The van der Waals surface area contributed by atoms with Crippen molar-refractivity contribution in [1.29, 1.82) is 0 Å². The number of nitro groups is 1. The number of ether oxygens (including phenoxy) is 2. The second-order valence-corrected chi connectivity index (χ2v) is 9.44. The van der Waals surface area contributed by atoms with Crippen molar-refractivity contribution in [3.63, 3.8) is 0 Å². The van der Waals surface area contributed by atoms with Gasteiger partial charge in [0.1, 0.15) is 5.70 Å². The van der Waals surface area contributed by atoms with Gasteiger partial charge in [-0.25, -0.2) is 5.01 Å². The lowest BCUT2D eigenvalue weighted by molar-refractivity contribution is -0.386. The fraction of sp³-hybridized carbons (Fsp3) is 0.375. The lowest BCUT2D eigenvalue weighted by Gasteiger charge is -2.33. The highest BCUT2D eigenvalue weighted by atomic mass is 32.2. The summed E-state index contributed by atoms with van der Waals surface area (Å²) in [5, 5.41) is 22.7. The van der Waals surface area contributed by atoms with Crippen LogP contribution in [0.3, 0.4) is 0 Å². The molecule has 0 aliphatic carbocycles. The van der Waals surface area contributed by atoms with Crippen molar-refractivity contribution >= 4 is 34.2 Å². The molecular formula is C24H25N5O5S. The van der Waals surface area contributed by atoms with Gasteiger partial charge < -0.3 is 9.47 Å². The van der Waals surface area contributed by atoms with Crippen LogP contribution in [0.5, 0.6) is 11.5 Å². The van der Waals surface area contributed by atoms with Gasteiger partial charge in [0.25, 0.3) is 11.6 Å². The van der Waals surface area contributed by atoms with E-state index in [4.69, 9.17) is 19.6 Å². The second kappa shape index (κ2) is 9.95. The van der Waals surface area contributed by atoms with E-state index in [1.54, 1.807) is 18.2 Å². The van der Waals surface area contributed by atoms with E-state index in [1.807, 2.05) is 12.1 Å². The number of unbranched alkanes of at least 4 members (excludes halogenated alkanes) is 4. The Morgan fingerprint density at radius 2 is 1.94 bits per heavy atom. The fourth-order valence-electron chi connectivity index (χ4n) is 4.28. The number of para-hydroxylation sites is 1. The van der Waals surface area contributed by atoms with Crippen LogP contribution < -0.4 is 25.4 Å². The van der Waals surface area contributed by atoms with Gasteiger partial charge in [0, 0.05) is 11.0 Å². The van der Waals surface area contributed by atoms with Crippen molar-refractivity contribution in [2.75, 3.05) is 12.5 Å². The van der Waals surface area contributed by atoms with Crippen molar-refractivity contribution in [3.8, 4) is 11.5 Å². The zero-order valence-corrected chi connectivity index (χ0v) is 20.0. The Kier molecular flexibility index (Phi) is 6.58. The molecule has 0 spiro atoms. The van der Waals surface area contributed by atoms with E-state index in [0.29, 0.717) is 32.9 Å². The summed E-state index contributed by atoms with van der Waals surface area (Å²) in [5.41, 5.74) is 0.404. The quantitative estimate of drug-likeness (QED) is 0.339. The first-order valence-corrected chi connectivity index (χ1v) is 12.6. The molecule has 35 heavy (non-hydrogen) atoms. The Bertz CT molecular complexity index is 1330. The van der Waals surface area contributed by atoms with Crippen molar-refractivity contribution in [1.82, 2.24) is 10.3 Å². The Morgan fingerprint density at radius 3 is 2.74 bits per heavy atom. The lowest BCUT2D eigenvalue weighted by Crippen LogP contribution is -2.50. The molecule has 2 aromatic carbocycles. The van der Waals surface area contributed by atoms with Crippen molar-refractivity contribution < 1.29 is 19.2 Å². The van der Waals surface area contributed by atoms with Crippen LogP contribution >= 0.6 is 11.8 Å². The van der Waals surface area contributed by atoms with Gasteiger partial charge in [-0.15, -0.1) is 5.10 Å². The molecule has 182 valence electrons. The van der Waals surface area contributed by atoms with Gasteiger partial charge in [0.15, 0.2) is 22.8 Å². The van der Waals surface area contributed by atoms with Gasteiger partial charge in [-0.05, 0) is 18.6 Å². The maximum atomic E-state index is 13.3. The molecule has 0 unspecified atom stereocenters. The van der Waals surface area contributed by atoms with Crippen LogP contribution in [0.4, 0.5) is 5.69 Å². The van der Waals surface area contributed by atoms with Crippen LogP contribution in [0.25, 0.3) is 5.70 Å². The topological polar surface area (TPSA) is 119 Å². The third-order valence-corrected chi connectivity index (χ3v) is 6.95. The van der Waals surface area contributed by atoms with Gasteiger partial charge >= 0.3 is 0 Å². The summed E-state index contributed by atoms with van der Waals surface area (Å²) in [6.45, 7) is 2.17. The maximum absolute atomic E-state index is 13.3. The Hall–Kier alpha value is -3.60. The smallest absolute Gasteiger partial charge is 0.280 e. The van der Waals surface area contributed by atoms with Crippen LogP contribution in [0.15, 0.2) is 46.5 Å². The predicted molar refractivity (Wildman–Crippen MR) is 131 cm³/mol. The maximum Gasteiger partial charge on any atom is 0.280 e. The summed E-state index contributed by atoms with van der Waals surface area (Å²) >= 11 is 1.47. The molecule has 1 amide bonds. The number of hydrogen-bond donors (Lipinski definition) is 1. The zero-order chi connectivity index (χ0) is 24.4. The molecule has 11 heteroatoms. The van der Waals surface area contributed by atoms with E-state index < -0.39 is 11.1 Å². The number of amides is 1. The van der Waals surface area contributed by atoms with Crippen molar-refractivity contribution in [3.05, 3.63) is 62.7 Å². The first kappa shape index (κ1) is 23.2. The van der Waals surface area contributed by atoms with Gasteiger partial charge in [0.2, 0.25) is 6.79 Å². The molecule has 2 aromatic rings. The van der Waals surface area contributed by atoms with Gasteiger partial charge in [-0.3, -0.25) is 25.2 Å². The minimum atomic E-state index is -0.916. The van der Waals surface area contributed by atoms with E-state index in [1.165, 1.54) is 42.1 Å². The lowest BCUT2D eigenvalue weighted by atomic mass is 10.1. The summed E-state index contributed by atoms with van der Waals surface area (Å²) in [7, 11) is 0. The minimum Gasteiger partial charge on any atom is -0.454 e. The second-order valence-electron chi connectivity index (χ2n) is 8.36. The molecule has 0 fully saturated rings. The molecule has 10 nitrogen and oxygen atoms in total. The molecule has 0 radical (unpaired) electrons. The molecule has 0 aromatic heterocycles. The average Bonchev–Trinajstić information content (AvgIpc) is 3.32. The number of benzene rings is 2. The SMILES string of the molecule is CCCCCCCSC1=NN2C(=c3ccccc3=N[C@H]2c2cc3c(cc2[N+](=O)[O-])OCO3)C(=O)N1. The van der Waals surface area contributed by atoms with Gasteiger partial charge in [-0.1, -0.05) is 62.6 Å². The fourth-order valence-corrected chi connectivity index (χ4v) is 5.13. The summed E-state index contributed by atoms with van der Waals surface area (Å²) < 4.78 is 10.8. The summed E-state index contributed by atoms with van der Waals surface area (Å²) in [5.74, 6) is 1.20. The summed E-state index contributed by atoms with van der Waals surface area (Å²) in [6.07, 6.45) is 4.80. The van der Waals surface area contributed by atoms with Crippen LogP contribution in [0.1, 0.15) is 50.8 Å². The number of amidine groups is 1. The van der Waals surface area contributed by atoms with Gasteiger partial charge in [0.05, 0.1) is 21.9 Å². The molecule has 0 bridgehead atoms. The largest absolute Gasteiger partial charge is 0.454 e. The Balaban J connectivity index is 1.55. The number of hydrogen-bond acceptors (Lipinski definition) is 9. The van der Waals surface area contributed by atoms with E-state index in [0.717, 1.165) is 18.6 Å². The molecule has 1 atom stereocenters. The first-order valence-electron chi connectivity index (χ1n) is 11.6. The summed E-state index contributed by atoms with van der Waals surface area (Å²) in [6, 6.07) is 10.1. The van der Waals surface area contributed by atoms with E-state index in [-0.39, 0.29) is 24.0 Å². The Labute approximate surface area is 205 Å². The standard InChI is InChI=1S/C24H25N5O5S/c1-2-3-4-5-8-11-35-24-26-23(30)21-15-9-6-7-10-17(15)25-22(28(21)27-24)16-12-19-20(34-14-33-19)13-18(16)29(31)32/h6-7,9-10,12-13,22H,2-5,8,11,14H2,1H3,(H,26,27,30)/t22-/m1/s1. The third kappa shape index (κ3) is 4.55. The molecule has 0 saturated heterocycles. The van der Waals surface area contributed by atoms with E-state index in [2.05, 4.69) is 12.2 Å². The van der Waals surface area contributed by atoms with Crippen LogP contribution in [-0.4, -0.2) is 33.6 Å². The molecule has 3 aliphatic heterocycles. The highest BCUT2D eigenvalue weighted by molar-refractivity contribution is 8.13. The molecular weight excluding hydrogens is 470 g/mol. The zero-order valence-electron chi connectivity index (χ0n) is 19.2. The van der Waals surface area contributed by atoms with Crippen LogP contribution in [0.2, 0.25) is 0 Å². The number of nitrogens with zero attached hydrogens (tertiary/aromatic N) is 4. The number of rotatable bonds is 8. The highest BCUT2D eigenvalue weighted by Gasteiger charge is 2.38. The number of nitrogens with one attached hydrogen (secondary N) is 1. The normalized spacial score (nSPS) is 17.8. The molecule has 3 heterocycles. The van der Waals surface area contributed by atoms with Crippen molar-refractivity contribution in [2.24, 2.45) is 10.1 Å². The Morgan fingerprint density at radius 1 is 1.17 bits per heavy atom. The molecule has 3 aliphatic rings. The average molecular weight is 496 g/mol. The summed E-state index contributed by atoms with van der Waals surface area (Å²) in [4.78, 5) is 29.5. The van der Waals surface area contributed by atoms with E-state index >= 15 is 0 Å². The van der Waals surface area contributed by atoms with Crippen molar-refractivity contribution in [2.45, 2.75) is 45.2 Å². The van der Waals surface area contributed by atoms with Crippen LogP contribution in [0, 0.1) is 10.1 Å². The number of hydrazone groups is 1.